The Hall–Kier alpha value is -2.02. The topological polar surface area (TPSA) is 64.3 Å². The van der Waals surface area contributed by atoms with Crippen LogP contribution in [0.4, 0.5) is 5.69 Å². The molecule has 0 radical (unpaired) electrons. The average molecular weight is 286 g/mol. The normalized spacial score (nSPS) is 17.0. The fraction of sp³-hybridized carbons (Fsp3) is 0.529. The van der Waals surface area contributed by atoms with Crippen LogP contribution in [0, 0.1) is 18.3 Å². The first-order valence-corrected chi connectivity index (χ1v) is 7.45. The van der Waals surface area contributed by atoms with Crippen LogP contribution in [0.25, 0.3) is 0 Å². The maximum atomic E-state index is 11.3. The van der Waals surface area contributed by atoms with E-state index in [2.05, 4.69) is 6.07 Å². The Labute approximate surface area is 126 Å². The van der Waals surface area contributed by atoms with E-state index < -0.39 is 5.97 Å². The highest BCUT2D eigenvalue weighted by Crippen LogP contribution is 2.39. The lowest BCUT2D eigenvalue weighted by Gasteiger charge is -2.45. The number of nitriles is 1. The number of hydrogen-bond acceptors (Lipinski definition) is 3. The SMILES string of the molecule is Cc1ccc(N(C)C2(CC(=O)O)CCCCC2)c(C#N)c1. The Morgan fingerprint density at radius 2 is 2.05 bits per heavy atom. The van der Waals surface area contributed by atoms with E-state index >= 15 is 0 Å². The van der Waals surface area contributed by atoms with Gasteiger partial charge in [-0.2, -0.15) is 5.26 Å². The van der Waals surface area contributed by atoms with Crippen molar-refractivity contribution in [1.82, 2.24) is 0 Å². The fourth-order valence-electron chi connectivity index (χ4n) is 3.41. The lowest BCUT2D eigenvalue weighted by molar-refractivity contribution is -0.138. The number of benzene rings is 1. The number of hydrogen-bond donors (Lipinski definition) is 1. The summed E-state index contributed by atoms with van der Waals surface area (Å²) in [7, 11) is 1.93. The summed E-state index contributed by atoms with van der Waals surface area (Å²) < 4.78 is 0. The Morgan fingerprint density at radius 1 is 1.38 bits per heavy atom. The number of carboxylic acids is 1. The molecular weight excluding hydrogens is 264 g/mol. The van der Waals surface area contributed by atoms with Crippen LogP contribution in [0.15, 0.2) is 18.2 Å². The third kappa shape index (κ3) is 3.18. The van der Waals surface area contributed by atoms with E-state index in [1.54, 1.807) is 0 Å². The Morgan fingerprint density at radius 3 is 2.62 bits per heavy atom. The van der Waals surface area contributed by atoms with Crippen LogP contribution in [-0.2, 0) is 4.79 Å². The summed E-state index contributed by atoms with van der Waals surface area (Å²) in [4.78, 5) is 13.4. The van der Waals surface area contributed by atoms with Crippen LogP contribution < -0.4 is 4.90 Å². The van der Waals surface area contributed by atoms with Gasteiger partial charge < -0.3 is 10.0 Å². The van der Waals surface area contributed by atoms with Gasteiger partial charge in [0.25, 0.3) is 0 Å². The van der Waals surface area contributed by atoms with Gasteiger partial charge in [-0.15, -0.1) is 0 Å². The summed E-state index contributed by atoms with van der Waals surface area (Å²) in [6, 6.07) is 8.01. The van der Waals surface area contributed by atoms with Gasteiger partial charge in [-0.05, 0) is 37.5 Å². The molecule has 0 heterocycles. The maximum Gasteiger partial charge on any atom is 0.305 e. The second kappa shape index (κ2) is 6.17. The van der Waals surface area contributed by atoms with E-state index in [-0.39, 0.29) is 12.0 Å². The quantitative estimate of drug-likeness (QED) is 0.920. The minimum Gasteiger partial charge on any atom is -0.481 e. The zero-order valence-corrected chi connectivity index (χ0v) is 12.7. The van der Waals surface area contributed by atoms with E-state index in [9.17, 15) is 15.2 Å². The van der Waals surface area contributed by atoms with Crippen molar-refractivity contribution in [1.29, 1.82) is 5.26 Å². The van der Waals surface area contributed by atoms with Crippen LogP contribution in [-0.4, -0.2) is 23.7 Å². The molecule has 112 valence electrons. The molecule has 0 bridgehead atoms. The smallest absolute Gasteiger partial charge is 0.305 e. The van der Waals surface area contributed by atoms with Gasteiger partial charge in [-0.1, -0.05) is 25.3 Å². The lowest BCUT2D eigenvalue weighted by atomic mass is 9.77. The molecule has 2 rings (SSSR count). The van der Waals surface area contributed by atoms with Crippen molar-refractivity contribution in [3.8, 4) is 6.07 Å². The highest BCUT2D eigenvalue weighted by Gasteiger charge is 2.39. The molecule has 0 unspecified atom stereocenters. The number of aliphatic carboxylic acids is 1. The first-order chi connectivity index (χ1) is 9.98. The highest BCUT2D eigenvalue weighted by atomic mass is 16.4. The number of aryl methyl sites for hydroxylation is 1. The maximum absolute atomic E-state index is 11.3. The van der Waals surface area contributed by atoms with E-state index in [1.165, 1.54) is 0 Å². The van der Waals surface area contributed by atoms with Gasteiger partial charge in [0, 0.05) is 7.05 Å². The molecule has 1 fully saturated rings. The molecule has 0 spiro atoms. The molecule has 1 aromatic rings. The van der Waals surface area contributed by atoms with Crippen molar-refractivity contribution < 1.29 is 9.90 Å². The molecule has 1 aliphatic carbocycles. The summed E-state index contributed by atoms with van der Waals surface area (Å²) >= 11 is 0. The van der Waals surface area contributed by atoms with Crippen LogP contribution >= 0.6 is 0 Å². The number of carboxylic acid groups (broad SMARTS) is 1. The van der Waals surface area contributed by atoms with Gasteiger partial charge in [0.2, 0.25) is 0 Å². The fourth-order valence-corrected chi connectivity index (χ4v) is 3.41. The van der Waals surface area contributed by atoms with Crippen molar-refractivity contribution in [3.05, 3.63) is 29.3 Å². The Balaban J connectivity index is 2.41. The first kappa shape index (κ1) is 15.4. The average Bonchev–Trinajstić information content (AvgIpc) is 2.46. The molecule has 21 heavy (non-hydrogen) atoms. The Kier molecular flexibility index (Phi) is 4.52. The second-order valence-electron chi connectivity index (χ2n) is 6.05. The van der Waals surface area contributed by atoms with Gasteiger partial charge >= 0.3 is 5.97 Å². The predicted octanol–water partition coefficient (Wildman–Crippen LogP) is 3.48. The molecule has 0 atom stereocenters. The molecule has 1 aromatic carbocycles. The predicted molar refractivity (Wildman–Crippen MR) is 82.4 cm³/mol. The van der Waals surface area contributed by atoms with E-state index in [1.807, 2.05) is 37.1 Å². The number of anilines is 1. The summed E-state index contributed by atoms with van der Waals surface area (Å²) in [6.45, 7) is 1.96. The molecule has 1 aliphatic rings. The minimum absolute atomic E-state index is 0.127. The number of nitrogens with zero attached hydrogens (tertiary/aromatic N) is 2. The molecule has 1 saturated carbocycles. The minimum atomic E-state index is -0.769. The van der Waals surface area contributed by atoms with Crippen molar-refractivity contribution >= 4 is 11.7 Å². The van der Waals surface area contributed by atoms with Gasteiger partial charge in [-0.3, -0.25) is 4.79 Å². The lowest BCUT2D eigenvalue weighted by Crippen LogP contribution is -2.50. The molecule has 0 amide bonds. The molecule has 4 nitrogen and oxygen atoms in total. The van der Waals surface area contributed by atoms with Gasteiger partial charge in [0.15, 0.2) is 0 Å². The molecule has 0 aromatic heterocycles. The van der Waals surface area contributed by atoms with Gasteiger partial charge in [0.05, 0.1) is 23.2 Å². The van der Waals surface area contributed by atoms with E-state index in [0.29, 0.717) is 5.56 Å². The van der Waals surface area contributed by atoms with Crippen molar-refractivity contribution in [2.45, 2.75) is 51.0 Å². The van der Waals surface area contributed by atoms with Gasteiger partial charge in [-0.25, -0.2) is 0 Å². The molecule has 1 N–H and O–H groups in total. The van der Waals surface area contributed by atoms with Crippen LogP contribution in [0.5, 0.6) is 0 Å². The third-order valence-corrected chi connectivity index (χ3v) is 4.61. The van der Waals surface area contributed by atoms with E-state index in [0.717, 1.165) is 43.4 Å². The molecule has 0 saturated heterocycles. The first-order valence-electron chi connectivity index (χ1n) is 7.45. The summed E-state index contributed by atoms with van der Waals surface area (Å²) in [5, 5.41) is 18.7. The van der Waals surface area contributed by atoms with E-state index in [4.69, 9.17) is 0 Å². The summed E-state index contributed by atoms with van der Waals surface area (Å²) in [6.07, 6.45) is 5.12. The Bertz CT molecular complexity index is 569. The molecule has 4 heteroatoms. The highest BCUT2D eigenvalue weighted by molar-refractivity contribution is 5.71. The van der Waals surface area contributed by atoms with Crippen molar-refractivity contribution in [3.63, 3.8) is 0 Å². The molecular formula is C17H22N2O2. The number of carbonyl (C=O) groups is 1. The van der Waals surface area contributed by atoms with Crippen molar-refractivity contribution in [2.75, 3.05) is 11.9 Å². The standard InChI is InChI=1S/C17H22N2O2/c1-13-6-7-15(14(10-13)12-18)19(2)17(11-16(20)21)8-4-3-5-9-17/h6-7,10H,3-5,8-9,11H2,1-2H3,(H,20,21). The summed E-state index contributed by atoms with van der Waals surface area (Å²) in [5.74, 6) is -0.769. The second-order valence-corrected chi connectivity index (χ2v) is 6.05. The number of rotatable bonds is 4. The zero-order valence-electron chi connectivity index (χ0n) is 12.7. The zero-order chi connectivity index (χ0) is 15.5. The van der Waals surface area contributed by atoms with Gasteiger partial charge in [0.1, 0.15) is 6.07 Å². The summed E-state index contributed by atoms with van der Waals surface area (Å²) in [5.41, 5.74) is 2.13. The van der Waals surface area contributed by atoms with Crippen LogP contribution in [0.1, 0.15) is 49.7 Å². The largest absolute Gasteiger partial charge is 0.481 e. The van der Waals surface area contributed by atoms with Crippen molar-refractivity contribution in [2.24, 2.45) is 0 Å². The van der Waals surface area contributed by atoms with Crippen LogP contribution in [0.3, 0.4) is 0 Å². The van der Waals surface area contributed by atoms with Crippen LogP contribution in [0.2, 0.25) is 0 Å². The monoisotopic (exact) mass is 286 g/mol. The molecule has 0 aliphatic heterocycles. The third-order valence-electron chi connectivity index (χ3n) is 4.61.